The predicted octanol–water partition coefficient (Wildman–Crippen LogP) is 2.96. The van der Waals surface area contributed by atoms with E-state index in [9.17, 15) is 5.11 Å². The van der Waals surface area contributed by atoms with Gasteiger partial charge in [-0.2, -0.15) is 0 Å². The van der Waals surface area contributed by atoms with Crippen LogP contribution in [0.3, 0.4) is 0 Å². The molecule has 2 aliphatic carbocycles. The van der Waals surface area contributed by atoms with Gasteiger partial charge in [0.05, 0.1) is 0 Å². The fourth-order valence-electron chi connectivity index (χ4n) is 3.86. The smallest absolute Gasteiger partial charge is 0.159 e. The van der Waals surface area contributed by atoms with Crippen molar-refractivity contribution >= 4 is 0 Å². The van der Waals surface area contributed by atoms with Crippen molar-refractivity contribution in [1.29, 1.82) is 0 Å². The molecule has 1 aromatic rings. The van der Waals surface area contributed by atoms with Crippen molar-refractivity contribution in [2.75, 3.05) is 0 Å². The molecular weight excluding hydrogens is 238 g/mol. The molecule has 2 saturated carbocycles. The van der Waals surface area contributed by atoms with Gasteiger partial charge in [0.1, 0.15) is 12.4 Å². The zero-order valence-corrected chi connectivity index (χ0v) is 12.1. The molecule has 2 aliphatic rings. The van der Waals surface area contributed by atoms with Gasteiger partial charge in [-0.25, -0.2) is 0 Å². The summed E-state index contributed by atoms with van der Waals surface area (Å²) in [6.07, 6.45) is 8.72. The second-order valence-electron chi connectivity index (χ2n) is 6.78. The largest absolute Gasteiger partial charge is 0.388 e. The van der Waals surface area contributed by atoms with Gasteiger partial charge in [-0.3, -0.25) is 0 Å². The van der Waals surface area contributed by atoms with Gasteiger partial charge in [0, 0.05) is 11.5 Å². The average molecular weight is 263 g/mol. The molecule has 1 N–H and O–H groups in total. The minimum absolute atomic E-state index is 0.0151. The van der Waals surface area contributed by atoms with Crippen molar-refractivity contribution in [3.63, 3.8) is 0 Å². The van der Waals surface area contributed by atoms with E-state index >= 15 is 0 Å². The Bertz CT molecular complexity index is 442. The average Bonchev–Trinajstić information content (AvgIpc) is 2.94. The predicted molar refractivity (Wildman–Crippen MR) is 73.8 cm³/mol. The molecule has 0 aliphatic heterocycles. The maximum atomic E-state index is 9.49. The number of rotatable bonds is 5. The summed E-state index contributed by atoms with van der Waals surface area (Å²) in [5.41, 5.74) is 0.219. The van der Waals surface area contributed by atoms with Gasteiger partial charge >= 0.3 is 0 Å². The second-order valence-corrected chi connectivity index (χ2v) is 6.78. The fourth-order valence-corrected chi connectivity index (χ4v) is 3.86. The highest BCUT2D eigenvalue weighted by molar-refractivity contribution is 5.16. The number of aromatic nitrogens is 3. The number of aliphatic hydroxyl groups excluding tert-OH is 1. The van der Waals surface area contributed by atoms with Crippen LogP contribution in [0.15, 0.2) is 0 Å². The van der Waals surface area contributed by atoms with Gasteiger partial charge < -0.3 is 9.67 Å². The van der Waals surface area contributed by atoms with Crippen LogP contribution < -0.4 is 0 Å². The summed E-state index contributed by atoms with van der Waals surface area (Å²) in [5.74, 6) is 2.62. The Balaban J connectivity index is 2.00. The normalized spacial score (nSPS) is 22.3. The zero-order valence-electron chi connectivity index (χ0n) is 12.1. The van der Waals surface area contributed by atoms with E-state index in [4.69, 9.17) is 0 Å². The number of aliphatic hydroxyl groups is 1. The van der Waals surface area contributed by atoms with E-state index < -0.39 is 0 Å². The van der Waals surface area contributed by atoms with Gasteiger partial charge in [-0.1, -0.05) is 26.7 Å². The molecule has 0 unspecified atom stereocenters. The van der Waals surface area contributed by atoms with E-state index in [1.54, 1.807) is 0 Å². The summed E-state index contributed by atoms with van der Waals surface area (Å²) in [6.45, 7) is 4.61. The van der Waals surface area contributed by atoms with Crippen LogP contribution in [0, 0.1) is 5.92 Å². The highest BCUT2D eigenvalue weighted by atomic mass is 16.3. The Morgan fingerprint density at radius 1 is 1.26 bits per heavy atom. The van der Waals surface area contributed by atoms with E-state index in [-0.39, 0.29) is 12.0 Å². The third-order valence-corrected chi connectivity index (χ3v) is 4.65. The van der Waals surface area contributed by atoms with Crippen molar-refractivity contribution in [2.24, 2.45) is 5.92 Å². The molecule has 0 amide bonds. The van der Waals surface area contributed by atoms with Crippen LogP contribution in [0.1, 0.15) is 76.5 Å². The minimum atomic E-state index is 0.0151. The molecular formula is C15H25N3O. The lowest BCUT2D eigenvalue weighted by atomic mass is 9.77. The summed E-state index contributed by atoms with van der Waals surface area (Å²) in [4.78, 5) is 0. The lowest BCUT2D eigenvalue weighted by Gasteiger charge is -2.30. The highest BCUT2D eigenvalue weighted by Crippen LogP contribution is 2.48. The van der Waals surface area contributed by atoms with Crippen LogP contribution in [-0.2, 0) is 12.0 Å². The van der Waals surface area contributed by atoms with Crippen LogP contribution in [0.25, 0.3) is 0 Å². The zero-order chi connectivity index (χ0) is 13.5. The molecule has 0 aromatic carbocycles. The molecule has 4 heteroatoms. The van der Waals surface area contributed by atoms with Gasteiger partial charge in [-0.05, 0) is 38.0 Å². The molecule has 106 valence electrons. The Morgan fingerprint density at radius 2 is 1.95 bits per heavy atom. The molecule has 1 aromatic heterocycles. The quantitative estimate of drug-likeness (QED) is 0.888. The third-order valence-electron chi connectivity index (χ3n) is 4.65. The van der Waals surface area contributed by atoms with E-state index in [0.717, 1.165) is 5.82 Å². The number of hydrogen-bond acceptors (Lipinski definition) is 3. The Morgan fingerprint density at radius 3 is 2.47 bits per heavy atom. The molecule has 3 rings (SSSR count). The van der Waals surface area contributed by atoms with Crippen molar-refractivity contribution in [2.45, 2.75) is 76.9 Å². The van der Waals surface area contributed by atoms with Crippen LogP contribution in [0.4, 0.5) is 0 Å². The summed E-state index contributed by atoms with van der Waals surface area (Å²) >= 11 is 0. The second kappa shape index (κ2) is 4.89. The van der Waals surface area contributed by atoms with Crippen molar-refractivity contribution < 1.29 is 5.11 Å². The maximum absolute atomic E-state index is 9.49. The molecule has 0 radical (unpaired) electrons. The minimum Gasteiger partial charge on any atom is -0.388 e. The molecule has 0 saturated heterocycles. The highest BCUT2D eigenvalue weighted by Gasteiger charge is 2.43. The van der Waals surface area contributed by atoms with E-state index in [1.165, 1.54) is 50.8 Å². The summed E-state index contributed by atoms with van der Waals surface area (Å²) in [7, 11) is 0. The topological polar surface area (TPSA) is 50.9 Å². The van der Waals surface area contributed by atoms with Crippen LogP contribution in [0.5, 0.6) is 0 Å². The van der Waals surface area contributed by atoms with E-state index in [2.05, 4.69) is 28.6 Å². The SMILES string of the molecule is CC(C)CC1(c2nnc(CO)n2C2CC2)CCCC1. The first kappa shape index (κ1) is 13.1. The van der Waals surface area contributed by atoms with E-state index in [0.29, 0.717) is 12.0 Å². The van der Waals surface area contributed by atoms with Crippen molar-refractivity contribution in [3.8, 4) is 0 Å². The van der Waals surface area contributed by atoms with Gasteiger partial charge in [0.25, 0.3) is 0 Å². The molecule has 0 spiro atoms. The summed E-state index contributed by atoms with van der Waals surface area (Å²) in [6, 6.07) is 0.553. The van der Waals surface area contributed by atoms with Crippen LogP contribution >= 0.6 is 0 Å². The first-order valence-electron chi connectivity index (χ1n) is 7.71. The van der Waals surface area contributed by atoms with E-state index in [1.807, 2.05) is 0 Å². The molecule has 1 heterocycles. The fraction of sp³-hybridized carbons (Fsp3) is 0.867. The van der Waals surface area contributed by atoms with Crippen molar-refractivity contribution in [1.82, 2.24) is 14.8 Å². The molecule has 2 fully saturated rings. The van der Waals surface area contributed by atoms with Gasteiger partial charge in [0.2, 0.25) is 0 Å². The number of nitrogens with zero attached hydrogens (tertiary/aromatic N) is 3. The van der Waals surface area contributed by atoms with Crippen molar-refractivity contribution in [3.05, 3.63) is 11.6 Å². The molecule has 0 bridgehead atoms. The first-order valence-corrected chi connectivity index (χ1v) is 7.71. The Hall–Kier alpha value is -0.900. The van der Waals surface area contributed by atoms with Crippen LogP contribution in [-0.4, -0.2) is 19.9 Å². The molecule has 0 atom stereocenters. The first-order chi connectivity index (χ1) is 9.16. The summed E-state index contributed by atoms with van der Waals surface area (Å²) in [5, 5.41) is 18.3. The lowest BCUT2D eigenvalue weighted by molar-refractivity contribution is 0.260. The van der Waals surface area contributed by atoms with Gasteiger partial charge in [-0.15, -0.1) is 10.2 Å². The summed E-state index contributed by atoms with van der Waals surface area (Å²) < 4.78 is 2.27. The molecule has 19 heavy (non-hydrogen) atoms. The van der Waals surface area contributed by atoms with Crippen LogP contribution in [0.2, 0.25) is 0 Å². The Labute approximate surface area is 115 Å². The Kier molecular flexibility index (Phi) is 3.37. The molecule has 4 nitrogen and oxygen atoms in total. The standard InChI is InChI=1S/C15H25N3O/c1-11(2)9-15(7-3-4-8-15)14-17-16-13(10-19)18(14)12-5-6-12/h11-12,19H,3-10H2,1-2H3. The lowest BCUT2D eigenvalue weighted by Crippen LogP contribution is -2.29. The monoisotopic (exact) mass is 263 g/mol. The number of hydrogen-bond donors (Lipinski definition) is 1. The van der Waals surface area contributed by atoms with Gasteiger partial charge in [0.15, 0.2) is 5.82 Å². The maximum Gasteiger partial charge on any atom is 0.159 e. The third kappa shape index (κ3) is 2.31.